The van der Waals surface area contributed by atoms with Crippen LogP contribution in [0.25, 0.3) is 10.8 Å². The summed E-state index contributed by atoms with van der Waals surface area (Å²) in [6.07, 6.45) is 0. The molecule has 0 aliphatic heterocycles. The lowest BCUT2D eigenvalue weighted by molar-refractivity contribution is 0.888. The zero-order valence-electron chi connectivity index (χ0n) is 10.3. The van der Waals surface area contributed by atoms with Gasteiger partial charge in [0.15, 0.2) is 0 Å². The Kier molecular flexibility index (Phi) is 3.03. The molecule has 1 atom stereocenters. The van der Waals surface area contributed by atoms with Gasteiger partial charge in [0.05, 0.1) is 0 Å². The monoisotopic (exact) mass is 253 g/mol. The number of hydrogen-bond acceptors (Lipinski definition) is 2. The van der Waals surface area contributed by atoms with Crippen LogP contribution in [0, 0.1) is 0 Å². The van der Waals surface area contributed by atoms with E-state index in [0.717, 1.165) is 0 Å². The molecular formula is C16H15NS. The van der Waals surface area contributed by atoms with E-state index in [-0.39, 0.29) is 0 Å². The van der Waals surface area contributed by atoms with Crippen LogP contribution in [0.15, 0.2) is 59.3 Å². The van der Waals surface area contributed by atoms with Gasteiger partial charge in [-0.2, -0.15) is 11.3 Å². The van der Waals surface area contributed by atoms with E-state index in [9.17, 15) is 0 Å². The average molecular weight is 253 g/mol. The summed E-state index contributed by atoms with van der Waals surface area (Å²) in [6, 6.07) is 17.6. The Labute approximate surface area is 111 Å². The molecule has 0 fully saturated rings. The molecule has 3 aromatic rings. The fraction of sp³-hybridized carbons (Fsp3) is 0.125. The predicted octanol–water partition coefficient (Wildman–Crippen LogP) is 5.07. The molecule has 90 valence electrons. The number of fused-ring (bicyclic) bond motifs is 1. The van der Waals surface area contributed by atoms with E-state index in [0.29, 0.717) is 6.04 Å². The van der Waals surface area contributed by atoms with Crippen LogP contribution in [0.3, 0.4) is 0 Å². The highest BCUT2D eigenvalue weighted by molar-refractivity contribution is 7.08. The quantitative estimate of drug-likeness (QED) is 0.686. The van der Waals surface area contributed by atoms with Crippen molar-refractivity contribution < 1.29 is 0 Å². The molecule has 1 aromatic heterocycles. The Morgan fingerprint density at radius 1 is 1.00 bits per heavy atom. The van der Waals surface area contributed by atoms with E-state index in [2.05, 4.69) is 71.5 Å². The van der Waals surface area contributed by atoms with Gasteiger partial charge in [-0.1, -0.05) is 36.4 Å². The Bertz CT molecular complexity index is 643. The van der Waals surface area contributed by atoms with Crippen LogP contribution in [0.2, 0.25) is 0 Å². The van der Waals surface area contributed by atoms with Crippen LogP contribution in [-0.4, -0.2) is 0 Å². The van der Waals surface area contributed by atoms with Gasteiger partial charge < -0.3 is 5.32 Å². The molecule has 0 aliphatic rings. The molecule has 0 spiro atoms. The third kappa shape index (κ3) is 2.24. The van der Waals surface area contributed by atoms with Crippen molar-refractivity contribution in [3.8, 4) is 0 Å². The molecular weight excluding hydrogens is 238 g/mol. The van der Waals surface area contributed by atoms with Gasteiger partial charge in [0.1, 0.15) is 0 Å². The van der Waals surface area contributed by atoms with Gasteiger partial charge in [-0.3, -0.25) is 0 Å². The minimum atomic E-state index is 0.323. The van der Waals surface area contributed by atoms with E-state index in [4.69, 9.17) is 0 Å². The topological polar surface area (TPSA) is 12.0 Å². The van der Waals surface area contributed by atoms with Crippen LogP contribution in [-0.2, 0) is 0 Å². The zero-order chi connectivity index (χ0) is 12.4. The molecule has 3 rings (SSSR count). The lowest BCUT2D eigenvalue weighted by atomic mass is 10.0. The minimum absolute atomic E-state index is 0.323. The first kappa shape index (κ1) is 11.3. The third-order valence-corrected chi connectivity index (χ3v) is 3.86. The first-order chi connectivity index (χ1) is 8.83. The number of anilines is 1. The summed E-state index contributed by atoms with van der Waals surface area (Å²) >= 11 is 1.72. The Morgan fingerprint density at radius 2 is 1.83 bits per heavy atom. The molecule has 0 saturated heterocycles. The highest BCUT2D eigenvalue weighted by atomic mass is 32.1. The standard InChI is InChI=1S/C16H15NS/c1-12(17-16-8-9-18-11-16)14-7-6-13-4-2-3-5-15(13)10-14/h2-12,17H,1H3. The van der Waals surface area contributed by atoms with E-state index in [1.54, 1.807) is 11.3 Å². The van der Waals surface area contributed by atoms with Crippen molar-refractivity contribution in [2.24, 2.45) is 0 Å². The van der Waals surface area contributed by atoms with Crippen molar-refractivity contribution in [3.63, 3.8) is 0 Å². The molecule has 0 aliphatic carbocycles. The van der Waals surface area contributed by atoms with Gasteiger partial charge in [0.25, 0.3) is 0 Å². The fourth-order valence-electron chi connectivity index (χ4n) is 2.16. The molecule has 0 bridgehead atoms. The van der Waals surface area contributed by atoms with Crippen molar-refractivity contribution in [2.75, 3.05) is 5.32 Å². The number of nitrogens with one attached hydrogen (secondary N) is 1. The molecule has 2 heteroatoms. The van der Waals surface area contributed by atoms with Crippen LogP contribution >= 0.6 is 11.3 Å². The van der Waals surface area contributed by atoms with Crippen LogP contribution in [0.5, 0.6) is 0 Å². The number of benzene rings is 2. The molecule has 18 heavy (non-hydrogen) atoms. The molecule has 0 amide bonds. The van der Waals surface area contributed by atoms with Gasteiger partial charge >= 0.3 is 0 Å². The van der Waals surface area contributed by atoms with Gasteiger partial charge in [0.2, 0.25) is 0 Å². The first-order valence-corrected chi connectivity index (χ1v) is 7.04. The number of thiophene rings is 1. The zero-order valence-corrected chi connectivity index (χ0v) is 11.1. The minimum Gasteiger partial charge on any atom is -0.378 e. The Balaban J connectivity index is 1.89. The smallest absolute Gasteiger partial charge is 0.0486 e. The van der Waals surface area contributed by atoms with E-state index in [1.807, 2.05) is 0 Å². The van der Waals surface area contributed by atoms with Gasteiger partial charge in [-0.15, -0.1) is 0 Å². The van der Waals surface area contributed by atoms with Gasteiger partial charge in [0, 0.05) is 17.1 Å². The fourth-order valence-corrected chi connectivity index (χ4v) is 2.75. The second-order valence-corrected chi connectivity index (χ2v) is 5.26. The number of rotatable bonds is 3. The van der Waals surface area contributed by atoms with Crippen molar-refractivity contribution in [1.29, 1.82) is 0 Å². The molecule has 1 unspecified atom stereocenters. The lowest BCUT2D eigenvalue weighted by Crippen LogP contribution is -2.05. The predicted molar refractivity (Wildman–Crippen MR) is 80.3 cm³/mol. The highest BCUT2D eigenvalue weighted by Crippen LogP contribution is 2.24. The SMILES string of the molecule is CC(Nc1ccsc1)c1ccc2ccccc2c1. The third-order valence-electron chi connectivity index (χ3n) is 3.18. The van der Waals surface area contributed by atoms with E-state index in [1.165, 1.54) is 22.0 Å². The maximum absolute atomic E-state index is 3.51. The van der Waals surface area contributed by atoms with Gasteiger partial charge in [-0.05, 0) is 40.8 Å². The highest BCUT2D eigenvalue weighted by Gasteiger charge is 2.06. The van der Waals surface area contributed by atoms with Crippen molar-refractivity contribution in [1.82, 2.24) is 0 Å². The van der Waals surface area contributed by atoms with Crippen molar-refractivity contribution in [2.45, 2.75) is 13.0 Å². The van der Waals surface area contributed by atoms with Crippen molar-refractivity contribution >= 4 is 27.8 Å². The average Bonchev–Trinajstić information content (AvgIpc) is 2.91. The molecule has 0 radical (unpaired) electrons. The molecule has 1 N–H and O–H groups in total. The normalized spacial score (nSPS) is 12.5. The van der Waals surface area contributed by atoms with Crippen LogP contribution < -0.4 is 5.32 Å². The molecule has 1 nitrogen and oxygen atoms in total. The van der Waals surface area contributed by atoms with Crippen LogP contribution in [0.1, 0.15) is 18.5 Å². The summed E-state index contributed by atoms with van der Waals surface area (Å²) < 4.78 is 0. The maximum atomic E-state index is 3.51. The van der Waals surface area contributed by atoms with E-state index >= 15 is 0 Å². The van der Waals surface area contributed by atoms with Crippen molar-refractivity contribution in [3.05, 3.63) is 64.9 Å². The summed E-state index contributed by atoms with van der Waals surface area (Å²) in [5, 5.41) is 10.3. The van der Waals surface area contributed by atoms with Crippen LogP contribution in [0.4, 0.5) is 5.69 Å². The lowest BCUT2D eigenvalue weighted by Gasteiger charge is -2.15. The Hall–Kier alpha value is -1.80. The summed E-state index contributed by atoms with van der Waals surface area (Å²) in [5.41, 5.74) is 2.51. The first-order valence-electron chi connectivity index (χ1n) is 6.10. The maximum Gasteiger partial charge on any atom is 0.0486 e. The summed E-state index contributed by atoms with van der Waals surface area (Å²) in [7, 11) is 0. The van der Waals surface area contributed by atoms with Gasteiger partial charge in [-0.25, -0.2) is 0 Å². The van der Waals surface area contributed by atoms with E-state index < -0.39 is 0 Å². The largest absolute Gasteiger partial charge is 0.378 e. The molecule has 0 saturated carbocycles. The summed E-state index contributed by atoms with van der Waals surface area (Å²) in [6.45, 7) is 2.20. The summed E-state index contributed by atoms with van der Waals surface area (Å²) in [5.74, 6) is 0. The number of hydrogen-bond donors (Lipinski definition) is 1. The second kappa shape index (κ2) is 4.83. The summed E-state index contributed by atoms with van der Waals surface area (Å²) in [4.78, 5) is 0. The Morgan fingerprint density at radius 3 is 2.61 bits per heavy atom. The second-order valence-electron chi connectivity index (χ2n) is 4.48. The molecule has 2 aromatic carbocycles. The molecule has 1 heterocycles.